The molecule has 9 nitrogen and oxygen atoms in total. The topological polar surface area (TPSA) is 117 Å². The quantitative estimate of drug-likeness (QED) is 0.616. The summed E-state index contributed by atoms with van der Waals surface area (Å²) in [4.78, 5) is 40.2. The van der Waals surface area contributed by atoms with Crippen LogP contribution in [-0.4, -0.2) is 35.7 Å². The van der Waals surface area contributed by atoms with Gasteiger partial charge in [-0.2, -0.15) is 18.2 Å². The van der Waals surface area contributed by atoms with E-state index in [1.807, 2.05) is 0 Å². The average Bonchev–Trinajstić information content (AvgIpc) is 3.18. The fraction of sp³-hybridized carbons (Fsp3) is 0.235. The maximum atomic E-state index is 12.6. The third-order valence-electron chi connectivity index (χ3n) is 4.32. The van der Waals surface area contributed by atoms with Gasteiger partial charge < -0.3 is 20.1 Å². The van der Waals surface area contributed by atoms with Gasteiger partial charge >= 0.3 is 12.1 Å². The van der Waals surface area contributed by atoms with E-state index in [0.717, 1.165) is 0 Å². The monoisotopic (exact) mass is 407 g/mol. The molecule has 0 atom stereocenters. The molecule has 1 fully saturated rings. The molecule has 1 aromatic heterocycles. The Kier molecular flexibility index (Phi) is 4.32. The Bertz CT molecular complexity index is 1150. The number of rotatable bonds is 4. The van der Waals surface area contributed by atoms with Crippen molar-refractivity contribution in [1.29, 1.82) is 0 Å². The lowest BCUT2D eigenvalue weighted by Gasteiger charge is -2.30. The summed E-state index contributed by atoms with van der Waals surface area (Å²) in [6.07, 6.45) is -4.74. The molecule has 2 aromatic carbocycles. The van der Waals surface area contributed by atoms with Crippen LogP contribution >= 0.6 is 0 Å². The number of halogens is 3. The van der Waals surface area contributed by atoms with Crippen molar-refractivity contribution in [2.45, 2.75) is 6.18 Å². The number of nitrogens with zero attached hydrogens (tertiary/aromatic N) is 3. The minimum Gasteiger partial charge on any atom is -0.355 e. The van der Waals surface area contributed by atoms with E-state index in [1.165, 1.54) is 29.2 Å². The Balaban J connectivity index is 1.54. The highest BCUT2D eigenvalue weighted by Crippen LogP contribution is 2.30. The summed E-state index contributed by atoms with van der Waals surface area (Å²) < 4.78 is 41.8. The molecule has 2 heterocycles. The predicted molar refractivity (Wildman–Crippen MR) is 94.6 cm³/mol. The SMILES string of the molecule is O=C1CN(c2c(Nc3ccc(-c4noc(C(F)(F)F)n4)cc3)c(=O)c2=O)CCN1. The lowest BCUT2D eigenvalue weighted by atomic mass is 10.1. The van der Waals surface area contributed by atoms with E-state index >= 15 is 0 Å². The number of hydrogen-bond acceptors (Lipinski definition) is 8. The van der Waals surface area contributed by atoms with Crippen molar-refractivity contribution in [3.63, 3.8) is 0 Å². The van der Waals surface area contributed by atoms with Crippen LogP contribution in [0.1, 0.15) is 5.89 Å². The van der Waals surface area contributed by atoms with Crippen molar-refractivity contribution in [3.05, 3.63) is 50.6 Å². The number of aromatic nitrogens is 2. The number of amides is 1. The minimum absolute atomic E-state index is 0.0299. The molecule has 0 aliphatic carbocycles. The van der Waals surface area contributed by atoms with Crippen LogP contribution in [0.2, 0.25) is 0 Å². The summed E-state index contributed by atoms with van der Waals surface area (Å²) in [6.45, 7) is 0.720. The molecule has 0 saturated carbocycles. The van der Waals surface area contributed by atoms with E-state index in [-0.39, 0.29) is 35.2 Å². The van der Waals surface area contributed by atoms with Gasteiger partial charge in [-0.05, 0) is 24.3 Å². The zero-order chi connectivity index (χ0) is 20.8. The maximum absolute atomic E-state index is 12.6. The Morgan fingerprint density at radius 2 is 1.83 bits per heavy atom. The van der Waals surface area contributed by atoms with Gasteiger partial charge in [-0.25, -0.2) is 0 Å². The van der Waals surface area contributed by atoms with Crippen LogP contribution < -0.4 is 26.4 Å². The molecular formula is C17H12F3N5O4. The number of anilines is 3. The Labute approximate surface area is 159 Å². The van der Waals surface area contributed by atoms with Gasteiger partial charge in [-0.3, -0.25) is 14.4 Å². The van der Waals surface area contributed by atoms with Gasteiger partial charge in [0.05, 0.1) is 6.54 Å². The first-order valence-corrected chi connectivity index (χ1v) is 8.37. The van der Waals surface area contributed by atoms with E-state index in [0.29, 0.717) is 18.8 Å². The molecule has 12 heteroatoms. The lowest BCUT2D eigenvalue weighted by Crippen LogP contribution is -2.52. The van der Waals surface area contributed by atoms with Gasteiger partial charge in [0.1, 0.15) is 11.4 Å². The van der Waals surface area contributed by atoms with Gasteiger partial charge in [0.2, 0.25) is 11.7 Å². The second-order valence-corrected chi connectivity index (χ2v) is 6.28. The zero-order valence-electron chi connectivity index (χ0n) is 14.5. The molecule has 0 spiro atoms. The van der Waals surface area contributed by atoms with Crippen LogP contribution in [0.25, 0.3) is 11.4 Å². The van der Waals surface area contributed by atoms with Crippen molar-refractivity contribution in [2.24, 2.45) is 0 Å². The van der Waals surface area contributed by atoms with Crippen molar-refractivity contribution in [1.82, 2.24) is 15.5 Å². The summed E-state index contributed by atoms with van der Waals surface area (Å²) >= 11 is 0. The summed E-state index contributed by atoms with van der Waals surface area (Å²) in [5, 5.41) is 8.74. The fourth-order valence-electron chi connectivity index (χ4n) is 2.93. The Morgan fingerprint density at radius 1 is 1.10 bits per heavy atom. The molecule has 3 aromatic rings. The lowest BCUT2D eigenvalue weighted by molar-refractivity contribution is -0.159. The van der Waals surface area contributed by atoms with Gasteiger partial charge in [0.25, 0.3) is 10.9 Å². The number of carbonyl (C=O) groups excluding carboxylic acids is 1. The van der Waals surface area contributed by atoms with Crippen molar-refractivity contribution in [3.8, 4) is 11.4 Å². The summed E-state index contributed by atoms with van der Waals surface area (Å²) in [5.41, 5.74) is -0.484. The number of carbonyl (C=O) groups is 1. The van der Waals surface area contributed by atoms with Crippen molar-refractivity contribution >= 4 is 23.0 Å². The standard InChI is InChI=1S/C17H12F3N5O4/c18-17(19,20)16-23-15(24-29-16)8-1-3-9(4-2-8)22-11-12(14(28)13(11)27)25-6-5-21-10(26)7-25/h1-4,22H,5-7H2,(H,21,26). The first kappa shape index (κ1) is 18.7. The highest BCUT2D eigenvalue weighted by atomic mass is 19.4. The van der Waals surface area contributed by atoms with E-state index in [9.17, 15) is 27.6 Å². The summed E-state index contributed by atoms with van der Waals surface area (Å²) in [7, 11) is 0. The van der Waals surface area contributed by atoms with Crippen molar-refractivity contribution < 1.29 is 22.5 Å². The van der Waals surface area contributed by atoms with Crippen LogP contribution in [0.4, 0.5) is 30.2 Å². The molecule has 4 rings (SSSR count). The Morgan fingerprint density at radius 3 is 2.45 bits per heavy atom. The molecule has 2 N–H and O–H groups in total. The van der Waals surface area contributed by atoms with Gasteiger partial charge in [-0.1, -0.05) is 5.16 Å². The number of nitrogens with one attached hydrogen (secondary N) is 2. The molecule has 0 radical (unpaired) electrons. The van der Waals surface area contributed by atoms with E-state index in [1.54, 1.807) is 0 Å². The second-order valence-electron chi connectivity index (χ2n) is 6.28. The van der Waals surface area contributed by atoms with Crippen LogP contribution in [0.5, 0.6) is 0 Å². The summed E-state index contributed by atoms with van der Waals surface area (Å²) in [5.74, 6) is -1.94. The Hall–Kier alpha value is -3.70. The number of hydrogen-bond donors (Lipinski definition) is 2. The maximum Gasteiger partial charge on any atom is 0.471 e. The van der Waals surface area contributed by atoms with Crippen LogP contribution in [0.3, 0.4) is 0 Å². The third-order valence-corrected chi connectivity index (χ3v) is 4.32. The molecule has 1 aliphatic rings. The minimum atomic E-state index is -4.74. The second kappa shape index (κ2) is 6.72. The molecule has 1 saturated heterocycles. The molecular weight excluding hydrogens is 395 g/mol. The van der Waals surface area contributed by atoms with Crippen LogP contribution in [-0.2, 0) is 11.0 Å². The van der Waals surface area contributed by atoms with Crippen LogP contribution in [0, 0.1) is 0 Å². The first-order valence-electron chi connectivity index (χ1n) is 8.37. The summed E-state index contributed by atoms with van der Waals surface area (Å²) in [6, 6.07) is 5.85. The zero-order valence-corrected chi connectivity index (χ0v) is 14.5. The van der Waals surface area contributed by atoms with Gasteiger partial charge in [0, 0.05) is 24.3 Å². The number of piperazine rings is 1. The van der Waals surface area contributed by atoms with E-state index < -0.39 is 22.9 Å². The first-order chi connectivity index (χ1) is 13.7. The largest absolute Gasteiger partial charge is 0.471 e. The fourth-order valence-corrected chi connectivity index (χ4v) is 2.93. The highest BCUT2D eigenvalue weighted by Gasteiger charge is 2.38. The molecule has 0 unspecified atom stereocenters. The highest BCUT2D eigenvalue weighted by molar-refractivity contribution is 5.87. The average molecular weight is 407 g/mol. The van der Waals surface area contributed by atoms with Gasteiger partial charge in [0.15, 0.2) is 0 Å². The van der Waals surface area contributed by atoms with Crippen molar-refractivity contribution in [2.75, 3.05) is 29.9 Å². The van der Waals surface area contributed by atoms with E-state index in [4.69, 9.17) is 0 Å². The molecule has 1 amide bonds. The molecule has 29 heavy (non-hydrogen) atoms. The number of alkyl halides is 3. The van der Waals surface area contributed by atoms with E-state index in [2.05, 4.69) is 25.3 Å². The molecule has 150 valence electrons. The molecule has 1 aliphatic heterocycles. The third kappa shape index (κ3) is 3.44. The number of benzene rings is 1. The van der Waals surface area contributed by atoms with Crippen LogP contribution in [0.15, 0.2) is 38.4 Å². The smallest absolute Gasteiger partial charge is 0.355 e. The molecule has 0 bridgehead atoms. The normalized spacial score (nSPS) is 14.9. The van der Waals surface area contributed by atoms with Gasteiger partial charge in [-0.15, -0.1) is 0 Å². The predicted octanol–water partition coefficient (Wildman–Crippen LogP) is 1.03.